The van der Waals surface area contributed by atoms with Crippen LogP contribution in [-0.2, 0) is 11.2 Å². The molecule has 0 bridgehead atoms. The fourth-order valence-corrected chi connectivity index (χ4v) is 3.83. The first-order valence-electron chi connectivity index (χ1n) is 7.34. The topological polar surface area (TPSA) is 12.5 Å². The molecule has 3 rings (SSSR count). The zero-order chi connectivity index (χ0) is 13.1. The summed E-state index contributed by atoms with van der Waals surface area (Å²) in [6.07, 6.45) is 4.03. The molecule has 2 atom stereocenters. The fraction of sp³-hybridized carbons (Fsp3) is 0.625. The smallest absolute Gasteiger partial charge is 0.0954 e. The van der Waals surface area contributed by atoms with Gasteiger partial charge in [0.25, 0.3) is 0 Å². The summed E-state index contributed by atoms with van der Waals surface area (Å²) in [7, 11) is 0. The molecule has 2 heterocycles. The van der Waals surface area contributed by atoms with Crippen LogP contribution in [-0.4, -0.2) is 36.5 Å². The minimum Gasteiger partial charge on any atom is -0.372 e. The molecule has 104 valence electrons. The Balaban J connectivity index is 1.67. The lowest BCUT2D eigenvalue weighted by molar-refractivity contribution is 0.00798. The van der Waals surface area contributed by atoms with Crippen LogP contribution >= 0.6 is 15.9 Å². The van der Waals surface area contributed by atoms with Gasteiger partial charge in [0.15, 0.2) is 0 Å². The summed E-state index contributed by atoms with van der Waals surface area (Å²) in [5.74, 6) is 0.813. The maximum absolute atomic E-state index is 6.02. The molecule has 0 saturated carbocycles. The Labute approximate surface area is 124 Å². The number of benzene rings is 1. The molecule has 0 aromatic heterocycles. The lowest BCUT2D eigenvalue weighted by Gasteiger charge is -2.36. The summed E-state index contributed by atoms with van der Waals surface area (Å²) in [6, 6.07) is 8.77. The van der Waals surface area contributed by atoms with E-state index in [9.17, 15) is 0 Å². The number of likely N-dealkylation sites (tertiary alicyclic amines) is 1. The van der Waals surface area contributed by atoms with E-state index in [0.717, 1.165) is 30.8 Å². The van der Waals surface area contributed by atoms with Gasteiger partial charge in [-0.1, -0.05) is 40.2 Å². The van der Waals surface area contributed by atoms with Gasteiger partial charge in [-0.05, 0) is 42.9 Å². The summed E-state index contributed by atoms with van der Waals surface area (Å²) in [5.41, 5.74) is 2.89. The molecule has 19 heavy (non-hydrogen) atoms. The van der Waals surface area contributed by atoms with Crippen LogP contribution in [0.25, 0.3) is 0 Å². The number of rotatable bonds is 3. The molecule has 2 aliphatic heterocycles. The third-order valence-electron chi connectivity index (χ3n) is 4.34. The van der Waals surface area contributed by atoms with Gasteiger partial charge in [0.2, 0.25) is 0 Å². The van der Waals surface area contributed by atoms with Crippen molar-refractivity contribution in [3.63, 3.8) is 0 Å². The molecule has 2 unspecified atom stereocenters. The molecule has 0 amide bonds. The van der Waals surface area contributed by atoms with Crippen molar-refractivity contribution in [2.75, 3.05) is 31.6 Å². The largest absolute Gasteiger partial charge is 0.372 e. The summed E-state index contributed by atoms with van der Waals surface area (Å²) >= 11 is 3.63. The number of nitrogens with zero attached hydrogens (tertiary/aromatic N) is 1. The fourth-order valence-electron chi connectivity index (χ4n) is 3.31. The molecule has 1 aromatic carbocycles. The highest BCUT2D eigenvalue weighted by Crippen LogP contribution is 2.29. The van der Waals surface area contributed by atoms with E-state index in [1.807, 2.05) is 0 Å². The van der Waals surface area contributed by atoms with Crippen molar-refractivity contribution >= 4 is 15.9 Å². The van der Waals surface area contributed by atoms with Gasteiger partial charge < -0.3 is 9.64 Å². The molecule has 1 fully saturated rings. The molecular formula is C16H22BrNO. The van der Waals surface area contributed by atoms with Crippen LogP contribution < -0.4 is 0 Å². The van der Waals surface area contributed by atoms with Crippen molar-refractivity contribution in [1.29, 1.82) is 0 Å². The second-order valence-electron chi connectivity index (χ2n) is 5.73. The van der Waals surface area contributed by atoms with Crippen molar-refractivity contribution < 1.29 is 4.74 Å². The number of hydrogen-bond acceptors (Lipinski definition) is 2. The predicted molar refractivity (Wildman–Crippen MR) is 81.8 cm³/mol. The van der Waals surface area contributed by atoms with E-state index in [1.165, 1.54) is 37.1 Å². The normalized spacial score (nSPS) is 28.1. The van der Waals surface area contributed by atoms with Crippen LogP contribution in [0, 0.1) is 5.92 Å². The number of halogens is 1. The molecular weight excluding hydrogens is 302 g/mol. The highest BCUT2D eigenvalue weighted by molar-refractivity contribution is 9.09. The van der Waals surface area contributed by atoms with Gasteiger partial charge in [-0.15, -0.1) is 0 Å². The van der Waals surface area contributed by atoms with Crippen molar-refractivity contribution in [3.8, 4) is 0 Å². The maximum atomic E-state index is 6.02. The van der Waals surface area contributed by atoms with Crippen LogP contribution in [0.5, 0.6) is 0 Å². The second kappa shape index (κ2) is 6.38. The minimum absolute atomic E-state index is 0.277. The second-order valence-corrected chi connectivity index (χ2v) is 6.38. The van der Waals surface area contributed by atoms with Gasteiger partial charge >= 0.3 is 0 Å². The Bertz CT molecular complexity index is 423. The van der Waals surface area contributed by atoms with Gasteiger partial charge in [0.1, 0.15) is 0 Å². The van der Waals surface area contributed by atoms with E-state index in [-0.39, 0.29) is 6.10 Å². The Morgan fingerprint density at radius 3 is 3.11 bits per heavy atom. The van der Waals surface area contributed by atoms with Crippen molar-refractivity contribution in [2.45, 2.75) is 25.4 Å². The SMILES string of the molecule is BrCC1CCCN(CC2OCCc3ccccc32)C1. The molecule has 1 aromatic rings. The zero-order valence-corrected chi connectivity index (χ0v) is 12.9. The first kappa shape index (κ1) is 13.6. The lowest BCUT2D eigenvalue weighted by atomic mass is 9.95. The van der Waals surface area contributed by atoms with Gasteiger partial charge in [-0.2, -0.15) is 0 Å². The standard InChI is InChI=1S/C16H22BrNO/c17-10-13-4-3-8-18(11-13)12-16-15-6-2-1-5-14(15)7-9-19-16/h1-2,5-6,13,16H,3-4,7-12H2. The number of alkyl halides is 1. The molecule has 1 saturated heterocycles. The van der Waals surface area contributed by atoms with E-state index in [2.05, 4.69) is 45.1 Å². The van der Waals surface area contributed by atoms with E-state index in [1.54, 1.807) is 0 Å². The van der Waals surface area contributed by atoms with E-state index < -0.39 is 0 Å². The molecule has 3 heteroatoms. The molecule has 0 aliphatic carbocycles. The lowest BCUT2D eigenvalue weighted by Crippen LogP contribution is -2.39. The van der Waals surface area contributed by atoms with E-state index >= 15 is 0 Å². The zero-order valence-electron chi connectivity index (χ0n) is 11.4. The first-order valence-corrected chi connectivity index (χ1v) is 8.46. The van der Waals surface area contributed by atoms with Crippen molar-refractivity contribution in [3.05, 3.63) is 35.4 Å². The van der Waals surface area contributed by atoms with E-state index in [4.69, 9.17) is 4.74 Å². The molecule has 0 spiro atoms. The quantitative estimate of drug-likeness (QED) is 0.790. The van der Waals surface area contributed by atoms with Gasteiger partial charge in [0, 0.05) is 18.4 Å². The minimum atomic E-state index is 0.277. The van der Waals surface area contributed by atoms with E-state index in [0.29, 0.717) is 0 Å². The molecule has 0 radical (unpaired) electrons. The Morgan fingerprint density at radius 2 is 2.21 bits per heavy atom. The third-order valence-corrected chi connectivity index (χ3v) is 5.25. The number of fused-ring (bicyclic) bond motifs is 1. The summed E-state index contributed by atoms with van der Waals surface area (Å²) in [4.78, 5) is 2.59. The number of piperidine rings is 1. The average molecular weight is 324 g/mol. The summed E-state index contributed by atoms with van der Waals surface area (Å²) in [6.45, 7) is 4.37. The van der Waals surface area contributed by atoms with Crippen LogP contribution in [0.4, 0.5) is 0 Å². The molecule has 2 aliphatic rings. The Morgan fingerprint density at radius 1 is 1.32 bits per heavy atom. The van der Waals surface area contributed by atoms with Crippen LogP contribution in [0.2, 0.25) is 0 Å². The van der Waals surface area contributed by atoms with Crippen molar-refractivity contribution in [2.24, 2.45) is 5.92 Å². The van der Waals surface area contributed by atoms with Crippen LogP contribution in [0.1, 0.15) is 30.1 Å². The highest BCUT2D eigenvalue weighted by atomic mass is 79.9. The predicted octanol–water partition coefficient (Wildman–Crippen LogP) is 3.41. The Hall–Kier alpha value is -0.380. The highest BCUT2D eigenvalue weighted by Gasteiger charge is 2.25. The third kappa shape index (κ3) is 3.21. The maximum Gasteiger partial charge on any atom is 0.0954 e. The summed E-state index contributed by atoms with van der Waals surface area (Å²) in [5, 5.41) is 1.13. The van der Waals surface area contributed by atoms with Gasteiger partial charge in [0.05, 0.1) is 12.7 Å². The molecule has 2 nitrogen and oxygen atoms in total. The number of hydrogen-bond donors (Lipinski definition) is 0. The van der Waals surface area contributed by atoms with Crippen molar-refractivity contribution in [1.82, 2.24) is 4.90 Å². The van der Waals surface area contributed by atoms with Crippen LogP contribution in [0.15, 0.2) is 24.3 Å². The Kier molecular flexibility index (Phi) is 4.57. The van der Waals surface area contributed by atoms with Gasteiger partial charge in [-0.25, -0.2) is 0 Å². The molecule has 0 N–H and O–H groups in total. The van der Waals surface area contributed by atoms with Crippen LogP contribution in [0.3, 0.4) is 0 Å². The van der Waals surface area contributed by atoms with Gasteiger partial charge in [-0.3, -0.25) is 0 Å². The summed E-state index contributed by atoms with van der Waals surface area (Å²) < 4.78 is 6.02. The monoisotopic (exact) mass is 323 g/mol. The first-order chi connectivity index (χ1) is 9.36. The number of ether oxygens (including phenoxy) is 1. The average Bonchev–Trinajstić information content (AvgIpc) is 2.48.